The van der Waals surface area contributed by atoms with E-state index in [1.54, 1.807) is 12.0 Å². The number of likely N-dealkylation sites (tertiary alicyclic amines) is 1. The second kappa shape index (κ2) is 8.05. The van der Waals surface area contributed by atoms with Crippen molar-refractivity contribution >= 4 is 11.9 Å². The van der Waals surface area contributed by atoms with Crippen molar-refractivity contribution in [3.05, 3.63) is 0 Å². The average Bonchev–Trinajstić information content (AvgIpc) is 2.55. The number of carboxylic acids is 1. The second-order valence-electron chi connectivity index (χ2n) is 4.52. The Bertz CT molecular complexity index is 283. The van der Waals surface area contributed by atoms with E-state index in [1.165, 1.54) is 0 Å². The van der Waals surface area contributed by atoms with Crippen molar-refractivity contribution in [2.75, 3.05) is 33.4 Å². The molecule has 1 amide bonds. The van der Waals surface area contributed by atoms with E-state index < -0.39 is 12.0 Å². The summed E-state index contributed by atoms with van der Waals surface area (Å²) >= 11 is 0. The van der Waals surface area contributed by atoms with Crippen LogP contribution in [0.5, 0.6) is 0 Å². The number of carboxylic acid groups (broad SMARTS) is 1. The number of methoxy groups -OCH3 is 1. The number of hydrogen-bond acceptors (Lipinski definition) is 4. The van der Waals surface area contributed by atoms with Crippen molar-refractivity contribution in [3.63, 3.8) is 0 Å². The Morgan fingerprint density at radius 3 is 2.83 bits per heavy atom. The smallest absolute Gasteiger partial charge is 0.320 e. The largest absolute Gasteiger partial charge is 0.480 e. The molecule has 0 aliphatic carbocycles. The summed E-state index contributed by atoms with van der Waals surface area (Å²) in [6, 6.07) is -0.527. The number of rotatable bonds is 6. The Balaban J connectivity index is 2.44. The number of carbonyl (C=O) groups excluding carboxylic acids is 1. The van der Waals surface area contributed by atoms with Gasteiger partial charge in [-0.2, -0.15) is 0 Å². The van der Waals surface area contributed by atoms with Crippen LogP contribution in [0.3, 0.4) is 0 Å². The molecule has 1 fully saturated rings. The summed E-state index contributed by atoms with van der Waals surface area (Å²) in [6.45, 7) is 1.75. The molecule has 1 aliphatic heterocycles. The van der Waals surface area contributed by atoms with Gasteiger partial charge in [0.1, 0.15) is 6.04 Å². The highest BCUT2D eigenvalue weighted by atomic mass is 16.5. The lowest BCUT2D eigenvalue weighted by molar-refractivity contribution is -0.144. The second-order valence-corrected chi connectivity index (χ2v) is 4.52. The fourth-order valence-corrected chi connectivity index (χ4v) is 2.17. The van der Waals surface area contributed by atoms with Crippen LogP contribution in [0.25, 0.3) is 0 Å². The lowest BCUT2D eigenvalue weighted by Gasteiger charge is -2.25. The van der Waals surface area contributed by atoms with Gasteiger partial charge in [-0.25, -0.2) is 0 Å². The molecule has 0 aromatic heterocycles. The van der Waals surface area contributed by atoms with Crippen molar-refractivity contribution < 1.29 is 19.4 Å². The molecule has 0 radical (unpaired) electrons. The molecule has 0 saturated carbocycles. The molecule has 1 unspecified atom stereocenters. The summed E-state index contributed by atoms with van der Waals surface area (Å²) in [4.78, 5) is 24.6. The Kier molecular flexibility index (Phi) is 6.67. The molecule has 0 bridgehead atoms. The Morgan fingerprint density at radius 1 is 1.39 bits per heavy atom. The third kappa shape index (κ3) is 5.01. The summed E-state index contributed by atoms with van der Waals surface area (Å²) in [6.07, 6.45) is 3.53. The van der Waals surface area contributed by atoms with Gasteiger partial charge >= 0.3 is 5.97 Å². The average molecular weight is 258 g/mol. The van der Waals surface area contributed by atoms with E-state index in [9.17, 15) is 9.59 Å². The molecule has 0 spiro atoms. The minimum atomic E-state index is -0.832. The van der Waals surface area contributed by atoms with E-state index in [-0.39, 0.29) is 12.5 Å². The topological polar surface area (TPSA) is 78.9 Å². The minimum absolute atomic E-state index is 0.139. The molecule has 6 nitrogen and oxygen atoms in total. The molecule has 1 heterocycles. The maximum atomic E-state index is 11.7. The highest BCUT2D eigenvalue weighted by molar-refractivity contribution is 5.79. The number of nitrogens with zero attached hydrogens (tertiary/aromatic N) is 1. The van der Waals surface area contributed by atoms with Gasteiger partial charge in [0.05, 0.1) is 13.2 Å². The van der Waals surface area contributed by atoms with Gasteiger partial charge in [-0.15, -0.1) is 0 Å². The molecule has 0 aromatic carbocycles. The van der Waals surface area contributed by atoms with E-state index >= 15 is 0 Å². The van der Waals surface area contributed by atoms with Gasteiger partial charge in [0, 0.05) is 13.7 Å². The van der Waals surface area contributed by atoms with Crippen molar-refractivity contribution in [3.8, 4) is 0 Å². The molecule has 104 valence electrons. The van der Waals surface area contributed by atoms with E-state index in [0.29, 0.717) is 26.1 Å². The lowest BCUT2D eigenvalue weighted by Crippen LogP contribution is -2.46. The first-order valence-electron chi connectivity index (χ1n) is 6.37. The van der Waals surface area contributed by atoms with Crippen LogP contribution < -0.4 is 5.32 Å². The fourth-order valence-electron chi connectivity index (χ4n) is 2.17. The zero-order valence-electron chi connectivity index (χ0n) is 10.9. The Labute approximate surface area is 107 Å². The van der Waals surface area contributed by atoms with Gasteiger partial charge in [-0.05, 0) is 19.4 Å². The molecule has 1 rings (SSSR count). The third-order valence-corrected chi connectivity index (χ3v) is 3.12. The van der Waals surface area contributed by atoms with Crippen LogP contribution >= 0.6 is 0 Å². The van der Waals surface area contributed by atoms with Gasteiger partial charge in [-0.3, -0.25) is 14.5 Å². The van der Waals surface area contributed by atoms with Crippen molar-refractivity contribution in [2.45, 2.75) is 31.7 Å². The molecule has 6 heteroatoms. The van der Waals surface area contributed by atoms with Crippen LogP contribution in [-0.4, -0.2) is 61.3 Å². The molecule has 1 saturated heterocycles. The standard InChI is InChI=1S/C12H22N2O4/c1-18-8-6-13-11(15)9-14-7-4-2-3-5-10(14)12(16)17/h10H,2-9H2,1H3,(H,13,15)(H,16,17). The SMILES string of the molecule is COCCNC(=O)CN1CCCCCC1C(=O)O. The summed E-state index contributed by atoms with van der Waals surface area (Å²) < 4.78 is 4.84. The quantitative estimate of drug-likeness (QED) is 0.660. The fraction of sp³-hybridized carbons (Fsp3) is 0.833. The highest BCUT2D eigenvalue weighted by Crippen LogP contribution is 2.16. The van der Waals surface area contributed by atoms with E-state index in [1.807, 2.05) is 0 Å². The first-order chi connectivity index (χ1) is 8.65. The summed E-state index contributed by atoms with van der Waals surface area (Å²) in [7, 11) is 1.57. The van der Waals surface area contributed by atoms with Crippen LogP contribution in [0.1, 0.15) is 25.7 Å². The lowest BCUT2D eigenvalue weighted by atomic mass is 10.1. The summed E-state index contributed by atoms with van der Waals surface area (Å²) in [5.74, 6) is -0.971. The molecular formula is C12H22N2O4. The van der Waals surface area contributed by atoms with Gasteiger partial charge in [0.25, 0.3) is 0 Å². The number of ether oxygens (including phenoxy) is 1. The third-order valence-electron chi connectivity index (χ3n) is 3.12. The number of amides is 1. The first kappa shape index (κ1) is 14.9. The van der Waals surface area contributed by atoms with Crippen LogP contribution in [0.2, 0.25) is 0 Å². The van der Waals surface area contributed by atoms with Crippen LogP contribution in [0.15, 0.2) is 0 Å². The predicted molar refractivity (Wildman–Crippen MR) is 66.4 cm³/mol. The number of nitrogens with one attached hydrogen (secondary N) is 1. The van der Waals surface area contributed by atoms with Gasteiger partial charge in [0.2, 0.25) is 5.91 Å². The summed E-state index contributed by atoms with van der Waals surface area (Å²) in [5.41, 5.74) is 0. The van der Waals surface area contributed by atoms with Gasteiger partial charge in [-0.1, -0.05) is 12.8 Å². The maximum Gasteiger partial charge on any atom is 0.320 e. The van der Waals surface area contributed by atoms with Gasteiger partial charge in [0.15, 0.2) is 0 Å². The number of carbonyl (C=O) groups is 2. The predicted octanol–water partition coefficient (Wildman–Crippen LogP) is 0.0782. The van der Waals surface area contributed by atoms with Crippen molar-refractivity contribution in [1.29, 1.82) is 0 Å². The van der Waals surface area contributed by atoms with Crippen molar-refractivity contribution in [2.24, 2.45) is 0 Å². The maximum absolute atomic E-state index is 11.7. The first-order valence-corrected chi connectivity index (χ1v) is 6.37. The highest BCUT2D eigenvalue weighted by Gasteiger charge is 2.28. The zero-order chi connectivity index (χ0) is 13.4. The zero-order valence-corrected chi connectivity index (χ0v) is 10.9. The molecule has 18 heavy (non-hydrogen) atoms. The van der Waals surface area contributed by atoms with Crippen LogP contribution in [0, 0.1) is 0 Å². The molecular weight excluding hydrogens is 236 g/mol. The minimum Gasteiger partial charge on any atom is -0.480 e. The van der Waals surface area contributed by atoms with Gasteiger partial charge < -0.3 is 15.2 Å². The van der Waals surface area contributed by atoms with Crippen molar-refractivity contribution in [1.82, 2.24) is 10.2 Å². The van der Waals surface area contributed by atoms with Crippen LogP contribution in [-0.2, 0) is 14.3 Å². The number of hydrogen-bond donors (Lipinski definition) is 2. The Hall–Kier alpha value is -1.14. The number of aliphatic carboxylic acids is 1. The van der Waals surface area contributed by atoms with Crippen LogP contribution in [0.4, 0.5) is 0 Å². The van der Waals surface area contributed by atoms with E-state index in [4.69, 9.17) is 9.84 Å². The van der Waals surface area contributed by atoms with E-state index in [2.05, 4.69) is 5.32 Å². The molecule has 2 N–H and O–H groups in total. The normalized spacial score (nSPS) is 21.3. The van der Waals surface area contributed by atoms with E-state index in [0.717, 1.165) is 19.3 Å². The molecule has 1 aliphatic rings. The molecule has 0 aromatic rings. The summed E-state index contributed by atoms with van der Waals surface area (Å²) in [5, 5.41) is 11.9. The monoisotopic (exact) mass is 258 g/mol. The molecule has 1 atom stereocenters. The Morgan fingerprint density at radius 2 is 2.17 bits per heavy atom.